The van der Waals surface area contributed by atoms with E-state index in [1.165, 1.54) is 0 Å². The van der Waals surface area contributed by atoms with Gasteiger partial charge in [0.25, 0.3) is 0 Å². The molecule has 21 heavy (non-hydrogen) atoms. The van der Waals surface area contributed by atoms with Crippen molar-refractivity contribution in [1.82, 2.24) is 4.31 Å². The van der Waals surface area contributed by atoms with Gasteiger partial charge in [-0.05, 0) is 18.2 Å². The van der Waals surface area contributed by atoms with Crippen LogP contribution in [-0.2, 0) is 10.0 Å². The molecule has 0 amide bonds. The van der Waals surface area contributed by atoms with E-state index in [1.807, 2.05) is 25.6 Å². The zero-order chi connectivity index (χ0) is 15.5. The van der Waals surface area contributed by atoms with Crippen LogP contribution in [0.2, 0.25) is 0 Å². The van der Waals surface area contributed by atoms with Crippen molar-refractivity contribution >= 4 is 21.8 Å². The molecule has 2 unspecified atom stereocenters. The minimum atomic E-state index is -3.49. The molecular formula is C15H19NO3S2. The molecule has 0 aliphatic carbocycles. The van der Waals surface area contributed by atoms with Crippen LogP contribution in [0.3, 0.4) is 0 Å². The van der Waals surface area contributed by atoms with Crippen LogP contribution in [0.15, 0.2) is 29.2 Å². The Bertz CT molecular complexity index is 651. The second kappa shape index (κ2) is 6.84. The fourth-order valence-corrected chi connectivity index (χ4v) is 5.53. The Kier molecular flexibility index (Phi) is 5.33. The van der Waals surface area contributed by atoms with E-state index in [-0.39, 0.29) is 11.5 Å². The Morgan fingerprint density at radius 3 is 2.62 bits per heavy atom. The minimum Gasteiger partial charge on any atom is -0.384 e. The monoisotopic (exact) mass is 325 g/mol. The van der Waals surface area contributed by atoms with Gasteiger partial charge in [-0.3, -0.25) is 0 Å². The van der Waals surface area contributed by atoms with Crippen LogP contribution >= 0.6 is 11.8 Å². The highest BCUT2D eigenvalue weighted by molar-refractivity contribution is 8.00. The van der Waals surface area contributed by atoms with Gasteiger partial charge in [-0.15, -0.1) is 0 Å². The predicted molar refractivity (Wildman–Crippen MR) is 85.7 cm³/mol. The number of thioether (sulfide) groups is 1. The highest BCUT2D eigenvalue weighted by atomic mass is 32.2. The standard InChI is InChI=1S/C15H19NO3S2/c1-12-10-16(11-13(2)20-12)21(18,19)15-7-3-5-14(9-15)6-4-8-17/h3,5,7,9,12-13,17H,8,10-11H2,1-2H3. The molecule has 1 heterocycles. The van der Waals surface area contributed by atoms with E-state index in [0.717, 1.165) is 0 Å². The van der Waals surface area contributed by atoms with Crippen LogP contribution < -0.4 is 0 Å². The van der Waals surface area contributed by atoms with Gasteiger partial charge in [0.1, 0.15) is 6.61 Å². The molecule has 0 spiro atoms. The van der Waals surface area contributed by atoms with E-state index >= 15 is 0 Å². The van der Waals surface area contributed by atoms with Gasteiger partial charge in [0.05, 0.1) is 4.90 Å². The summed E-state index contributed by atoms with van der Waals surface area (Å²) in [5.74, 6) is 5.27. The molecule has 6 heteroatoms. The molecule has 4 nitrogen and oxygen atoms in total. The number of nitrogens with zero attached hydrogens (tertiary/aromatic N) is 1. The lowest BCUT2D eigenvalue weighted by atomic mass is 10.2. The molecule has 1 N–H and O–H groups in total. The van der Waals surface area contributed by atoms with Crippen molar-refractivity contribution in [3.63, 3.8) is 0 Å². The molecule has 2 atom stereocenters. The number of rotatable bonds is 2. The quantitative estimate of drug-likeness (QED) is 0.838. The highest BCUT2D eigenvalue weighted by Gasteiger charge is 2.31. The molecule has 0 bridgehead atoms. The third kappa shape index (κ3) is 4.01. The molecule has 2 rings (SSSR count). The van der Waals surface area contributed by atoms with Crippen molar-refractivity contribution < 1.29 is 13.5 Å². The molecule has 1 aromatic carbocycles. The van der Waals surface area contributed by atoms with Gasteiger partial charge in [0.15, 0.2) is 0 Å². The number of hydrogen-bond donors (Lipinski definition) is 1. The molecule has 1 fully saturated rings. The smallest absolute Gasteiger partial charge is 0.243 e. The number of benzene rings is 1. The Balaban J connectivity index is 2.31. The number of hydrogen-bond acceptors (Lipinski definition) is 4. The van der Waals surface area contributed by atoms with Gasteiger partial charge in [0.2, 0.25) is 10.0 Å². The summed E-state index contributed by atoms with van der Waals surface area (Å²) < 4.78 is 27.0. The van der Waals surface area contributed by atoms with Crippen LogP contribution in [0.25, 0.3) is 0 Å². The van der Waals surface area contributed by atoms with Crippen molar-refractivity contribution in [3.8, 4) is 11.8 Å². The molecule has 114 valence electrons. The zero-order valence-electron chi connectivity index (χ0n) is 12.1. The van der Waals surface area contributed by atoms with Gasteiger partial charge >= 0.3 is 0 Å². The first-order chi connectivity index (χ1) is 9.93. The summed E-state index contributed by atoms with van der Waals surface area (Å²) in [6, 6.07) is 6.57. The third-order valence-electron chi connectivity index (χ3n) is 3.17. The predicted octanol–water partition coefficient (Wildman–Crippen LogP) is 1.54. The fraction of sp³-hybridized carbons (Fsp3) is 0.467. The van der Waals surface area contributed by atoms with Gasteiger partial charge in [-0.2, -0.15) is 16.1 Å². The van der Waals surface area contributed by atoms with Gasteiger partial charge < -0.3 is 5.11 Å². The van der Waals surface area contributed by atoms with Crippen molar-refractivity contribution in [2.45, 2.75) is 29.2 Å². The van der Waals surface area contributed by atoms with Crippen molar-refractivity contribution in [3.05, 3.63) is 29.8 Å². The van der Waals surface area contributed by atoms with Gasteiger partial charge in [0, 0.05) is 29.2 Å². The first-order valence-electron chi connectivity index (χ1n) is 6.79. The minimum absolute atomic E-state index is 0.241. The highest BCUT2D eigenvalue weighted by Crippen LogP contribution is 2.28. The number of aliphatic hydroxyl groups excluding tert-OH is 1. The molecular weight excluding hydrogens is 306 g/mol. The Morgan fingerprint density at radius 1 is 1.33 bits per heavy atom. The lowest BCUT2D eigenvalue weighted by molar-refractivity contribution is 0.350. The molecule has 0 saturated carbocycles. The summed E-state index contributed by atoms with van der Waals surface area (Å²) in [4.78, 5) is 0.263. The van der Waals surface area contributed by atoms with Gasteiger partial charge in [-0.25, -0.2) is 8.42 Å². The van der Waals surface area contributed by atoms with E-state index in [4.69, 9.17) is 5.11 Å². The van der Waals surface area contributed by atoms with E-state index in [2.05, 4.69) is 11.8 Å². The SMILES string of the molecule is CC1CN(S(=O)(=O)c2cccc(C#CCO)c2)CC(C)S1. The largest absolute Gasteiger partial charge is 0.384 e. The maximum Gasteiger partial charge on any atom is 0.243 e. The van der Waals surface area contributed by atoms with Crippen LogP contribution in [0.1, 0.15) is 19.4 Å². The number of sulfonamides is 1. The maximum absolute atomic E-state index is 12.7. The summed E-state index contributed by atoms with van der Waals surface area (Å²) in [5, 5.41) is 9.30. The van der Waals surface area contributed by atoms with Crippen LogP contribution in [-0.4, -0.2) is 48.0 Å². The first-order valence-corrected chi connectivity index (χ1v) is 9.17. The molecule has 1 saturated heterocycles. The van der Waals surface area contributed by atoms with Crippen LogP contribution in [0.4, 0.5) is 0 Å². The Labute approximate surface area is 130 Å². The zero-order valence-corrected chi connectivity index (χ0v) is 13.7. The summed E-state index contributed by atoms with van der Waals surface area (Å²) in [6.45, 7) is 4.92. The van der Waals surface area contributed by atoms with E-state index in [0.29, 0.717) is 29.2 Å². The first kappa shape index (κ1) is 16.4. The van der Waals surface area contributed by atoms with Crippen LogP contribution in [0.5, 0.6) is 0 Å². The lowest BCUT2D eigenvalue weighted by Gasteiger charge is -2.33. The molecule has 0 aromatic heterocycles. The maximum atomic E-state index is 12.7. The molecule has 1 aromatic rings. The average Bonchev–Trinajstić information content (AvgIpc) is 2.44. The molecule has 0 radical (unpaired) electrons. The Morgan fingerprint density at radius 2 is 2.00 bits per heavy atom. The van der Waals surface area contributed by atoms with E-state index in [9.17, 15) is 8.42 Å². The Hall–Kier alpha value is -1.00. The lowest BCUT2D eigenvalue weighted by Crippen LogP contribution is -2.43. The second-order valence-electron chi connectivity index (χ2n) is 5.07. The normalized spacial score (nSPS) is 23.4. The molecule has 1 aliphatic heterocycles. The van der Waals surface area contributed by atoms with Crippen molar-refractivity contribution in [2.75, 3.05) is 19.7 Å². The van der Waals surface area contributed by atoms with Crippen LogP contribution in [0, 0.1) is 11.8 Å². The summed E-state index contributed by atoms with van der Waals surface area (Å²) >= 11 is 1.81. The molecule has 1 aliphatic rings. The van der Waals surface area contributed by atoms with Gasteiger partial charge in [-0.1, -0.05) is 31.8 Å². The summed E-state index contributed by atoms with van der Waals surface area (Å²) in [7, 11) is -3.49. The summed E-state index contributed by atoms with van der Waals surface area (Å²) in [6.07, 6.45) is 0. The second-order valence-corrected chi connectivity index (χ2v) is 8.89. The number of aliphatic hydroxyl groups is 1. The average molecular weight is 325 g/mol. The van der Waals surface area contributed by atoms with E-state index in [1.54, 1.807) is 28.6 Å². The van der Waals surface area contributed by atoms with Crippen molar-refractivity contribution in [2.24, 2.45) is 0 Å². The topological polar surface area (TPSA) is 57.6 Å². The summed E-state index contributed by atoms with van der Waals surface area (Å²) in [5.41, 5.74) is 0.595. The fourth-order valence-electron chi connectivity index (χ4n) is 2.35. The van der Waals surface area contributed by atoms with E-state index < -0.39 is 10.0 Å². The van der Waals surface area contributed by atoms with Crippen molar-refractivity contribution in [1.29, 1.82) is 0 Å². The third-order valence-corrected chi connectivity index (χ3v) is 6.22.